The molecule has 0 aromatic carbocycles. The quantitative estimate of drug-likeness (QED) is 0.822. The molecule has 0 aromatic rings. The summed E-state index contributed by atoms with van der Waals surface area (Å²) < 4.78 is 0. The van der Waals surface area contributed by atoms with Crippen LogP contribution in [0.3, 0.4) is 0 Å². The lowest BCUT2D eigenvalue weighted by Gasteiger charge is -2.33. The van der Waals surface area contributed by atoms with E-state index < -0.39 is 11.5 Å². The van der Waals surface area contributed by atoms with Crippen LogP contribution in [0.25, 0.3) is 0 Å². The summed E-state index contributed by atoms with van der Waals surface area (Å²) >= 11 is 0. The number of nitrogens with zero attached hydrogens (tertiary/aromatic N) is 1. The minimum atomic E-state index is -0.879. The highest BCUT2D eigenvalue weighted by atomic mass is 16.4. The number of amides is 1. The Bertz CT molecular complexity index is 385. The zero-order chi connectivity index (χ0) is 14.8. The van der Waals surface area contributed by atoms with Crippen LogP contribution in [-0.4, -0.2) is 46.6 Å². The predicted molar refractivity (Wildman–Crippen MR) is 76.4 cm³/mol. The van der Waals surface area contributed by atoms with Gasteiger partial charge in [0.05, 0.1) is 6.54 Å². The Kier molecular flexibility index (Phi) is 4.68. The summed E-state index contributed by atoms with van der Waals surface area (Å²) in [7, 11) is 0. The Morgan fingerprint density at radius 3 is 2.65 bits per heavy atom. The normalized spacial score (nSPS) is 34.9. The zero-order valence-electron chi connectivity index (χ0n) is 12.5. The van der Waals surface area contributed by atoms with E-state index in [4.69, 9.17) is 0 Å². The Morgan fingerprint density at radius 1 is 1.30 bits per heavy atom. The maximum absolute atomic E-state index is 12.2. The first kappa shape index (κ1) is 15.3. The Labute approximate surface area is 120 Å². The molecule has 0 aromatic heterocycles. The van der Waals surface area contributed by atoms with E-state index in [1.54, 1.807) is 11.8 Å². The van der Waals surface area contributed by atoms with Crippen molar-refractivity contribution in [3.8, 4) is 0 Å². The number of rotatable bonds is 4. The summed E-state index contributed by atoms with van der Waals surface area (Å²) in [5, 5.41) is 12.4. The molecular weight excluding hydrogens is 256 g/mol. The molecule has 5 nitrogen and oxygen atoms in total. The summed E-state index contributed by atoms with van der Waals surface area (Å²) in [6.45, 7) is 4.79. The van der Waals surface area contributed by atoms with Crippen molar-refractivity contribution in [1.29, 1.82) is 0 Å². The van der Waals surface area contributed by atoms with Crippen molar-refractivity contribution in [3.63, 3.8) is 0 Å². The van der Waals surface area contributed by atoms with Crippen LogP contribution in [-0.2, 0) is 9.59 Å². The lowest BCUT2D eigenvalue weighted by atomic mass is 9.86. The van der Waals surface area contributed by atoms with Crippen LogP contribution in [0.1, 0.15) is 52.4 Å². The molecule has 3 atom stereocenters. The van der Waals surface area contributed by atoms with Crippen molar-refractivity contribution in [3.05, 3.63) is 0 Å². The van der Waals surface area contributed by atoms with Crippen LogP contribution in [0.5, 0.6) is 0 Å². The third kappa shape index (κ3) is 3.14. The van der Waals surface area contributed by atoms with E-state index in [0.29, 0.717) is 18.9 Å². The lowest BCUT2D eigenvalue weighted by Crippen LogP contribution is -2.53. The number of carboxylic acids is 1. The van der Waals surface area contributed by atoms with Crippen LogP contribution < -0.4 is 5.32 Å². The maximum atomic E-state index is 12.2. The summed E-state index contributed by atoms with van der Waals surface area (Å²) in [6, 6.07) is 0.259. The third-order valence-electron chi connectivity index (χ3n) is 5.04. The highest BCUT2D eigenvalue weighted by Crippen LogP contribution is 2.29. The molecule has 1 amide bonds. The second-order valence-corrected chi connectivity index (χ2v) is 6.54. The standard InChI is InChI=1S/C15H26N2O3/c1-11-6-3-4-7-12(11)16-13(18)10-17-9-5-8-15(17,2)14(19)20/h11-12H,3-10H2,1-2H3,(H,16,18)(H,19,20). The fourth-order valence-electron chi connectivity index (χ4n) is 3.47. The second-order valence-electron chi connectivity index (χ2n) is 6.54. The number of aliphatic carboxylic acids is 1. The molecule has 0 spiro atoms. The molecule has 2 fully saturated rings. The minimum Gasteiger partial charge on any atom is -0.480 e. The van der Waals surface area contributed by atoms with Gasteiger partial charge in [-0.1, -0.05) is 19.8 Å². The van der Waals surface area contributed by atoms with Gasteiger partial charge < -0.3 is 10.4 Å². The van der Waals surface area contributed by atoms with E-state index in [1.165, 1.54) is 19.3 Å². The molecule has 1 aliphatic carbocycles. The molecule has 0 bridgehead atoms. The molecule has 1 aliphatic heterocycles. The van der Waals surface area contributed by atoms with Crippen LogP contribution in [0.15, 0.2) is 0 Å². The smallest absolute Gasteiger partial charge is 0.323 e. The van der Waals surface area contributed by atoms with E-state index in [9.17, 15) is 14.7 Å². The van der Waals surface area contributed by atoms with Gasteiger partial charge in [0.15, 0.2) is 0 Å². The largest absolute Gasteiger partial charge is 0.480 e. The van der Waals surface area contributed by atoms with Crippen molar-refractivity contribution in [2.45, 2.75) is 64.0 Å². The van der Waals surface area contributed by atoms with Crippen molar-refractivity contribution < 1.29 is 14.7 Å². The molecule has 2 rings (SSSR count). The van der Waals surface area contributed by atoms with Gasteiger partial charge in [-0.2, -0.15) is 0 Å². The number of carboxylic acid groups (broad SMARTS) is 1. The van der Waals surface area contributed by atoms with Crippen molar-refractivity contribution >= 4 is 11.9 Å². The van der Waals surface area contributed by atoms with Gasteiger partial charge in [-0.3, -0.25) is 14.5 Å². The number of likely N-dealkylation sites (tertiary alicyclic amines) is 1. The monoisotopic (exact) mass is 282 g/mol. The van der Waals surface area contributed by atoms with Crippen molar-refractivity contribution in [2.24, 2.45) is 5.92 Å². The van der Waals surface area contributed by atoms with Gasteiger partial charge in [0, 0.05) is 6.04 Å². The van der Waals surface area contributed by atoms with Crippen LogP contribution in [0.2, 0.25) is 0 Å². The maximum Gasteiger partial charge on any atom is 0.323 e. The number of carbonyl (C=O) groups excluding carboxylic acids is 1. The zero-order valence-corrected chi connectivity index (χ0v) is 12.5. The highest BCUT2D eigenvalue weighted by molar-refractivity contribution is 5.82. The predicted octanol–water partition coefficient (Wildman–Crippen LogP) is 1.62. The van der Waals surface area contributed by atoms with Crippen molar-refractivity contribution in [2.75, 3.05) is 13.1 Å². The Hall–Kier alpha value is -1.10. The summed E-state index contributed by atoms with van der Waals surface area (Å²) in [4.78, 5) is 25.4. The molecule has 5 heteroatoms. The molecule has 1 heterocycles. The molecule has 114 valence electrons. The summed E-state index contributed by atoms with van der Waals surface area (Å²) in [5.74, 6) is -0.330. The minimum absolute atomic E-state index is 0.0295. The van der Waals surface area contributed by atoms with Gasteiger partial charge >= 0.3 is 5.97 Å². The summed E-state index contributed by atoms with van der Waals surface area (Å²) in [5.41, 5.74) is -0.879. The number of hydrogen-bond donors (Lipinski definition) is 2. The van der Waals surface area contributed by atoms with Gasteiger partial charge in [0.25, 0.3) is 0 Å². The average Bonchev–Trinajstić information content (AvgIpc) is 2.75. The molecule has 20 heavy (non-hydrogen) atoms. The first-order valence-corrected chi connectivity index (χ1v) is 7.71. The first-order chi connectivity index (χ1) is 9.43. The van der Waals surface area contributed by atoms with Crippen LogP contribution >= 0.6 is 0 Å². The molecule has 0 radical (unpaired) electrons. The van der Waals surface area contributed by atoms with Gasteiger partial charge in [-0.05, 0) is 45.1 Å². The molecule has 2 N–H and O–H groups in total. The number of carbonyl (C=O) groups is 2. The van der Waals surface area contributed by atoms with Crippen LogP contribution in [0, 0.1) is 5.92 Å². The van der Waals surface area contributed by atoms with Gasteiger partial charge in [0.1, 0.15) is 5.54 Å². The molecule has 2 aliphatic rings. The SMILES string of the molecule is CC1CCCCC1NC(=O)CN1CCCC1(C)C(=O)O. The van der Waals surface area contributed by atoms with E-state index in [2.05, 4.69) is 12.2 Å². The Morgan fingerprint density at radius 2 is 2.00 bits per heavy atom. The van der Waals surface area contributed by atoms with E-state index in [1.807, 2.05) is 0 Å². The highest BCUT2D eigenvalue weighted by Gasteiger charge is 2.44. The van der Waals surface area contributed by atoms with Gasteiger partial charge in [0.2, 0.25) is 5.91 Å². The lowest BCUT2D eigenvalue weighted by molar-refractivity contribution is -0.149. The van der Waals surface area contributed by atoms with E-state index in [0.717, 1.165) is 12.8 Å². The third-order valence-corrected chi connectivity index (χ3v) is 5.04. The summed E-state index contributed by atoms with van der Waals surface area (Å²) in [6.07, 6.45) is 6.10. The molecular formula is C15H26N2O3. The topological polar surface area (TPSA) is 69.6 Å². The van der Waals surface area contributed by atoms with Crippen LogP contribution in [0.4, 0.5) is 0 Å². The van der Waals surface area contributed by atoms with E-state index in [-0.39, 0.29) is 18.5 Å². The second kappa shape index (κ2) is 6.12. The fraction of sp³-hybridized carbons (Fsp3) is 0.867. The molecule has 3 unspecified atom stereocenters. The first-order valence-electron chi connectivity index (χ1n) is 7.71. The van der Waals surface area contributed by atoms with E-state index >= 15 is 0 Å². The average molecular weight is 282 g/mol. The van der Waals surface area contributed by atoms with Gasteiger partial charge in [-0.25, -0.2) is 0 Å². The molecule has 1 saturated carbocycles. The Balaban J connectivity index is 1.89. The molecule has 1 saturated heterocycles. The number of hydrogen-bond acceptors (Lipinski definition) is 3. The van der Waals surface area contributed by atoms with Gasteiger partial charge in [-0.15, -0.1) is 0 Å². The number of nitrogens with one attached hydrogen (secondary N) is 1. The fourth-order valence-corrected chi connectivity index (χ4v) is 3.47. The van der Waals surface area contributed by atoms with Crippen molar-refractivity contribution in [1.82, 2.24) is 10.2 Å².